The maximum Gasteiger partial charge on any atom is 0.118 e. The molecule has 1 N–H and O–H groups in total. The van der Waals surface area contributed by atoms with Crippen LogP contribution < -0.4 is 4.74 Å². The maximum absolute atomic E-state index is 10.4. The van der Waals surface area contributed by atoms with Gasteiger partial charge >= 0.3 is 0 Å². The minimum atomic E-state index is -0.437. The fraction of sp³-hybridized carbons (Fsp3) is 0.333. The third-order valence-electron chi connectivity index (χ3n) is 4.73. The zero-order valence-corrected chi connectivity index (χ0v) is 15.2. The van der Waals surface area contributed by atoms with E-state index in [-0.39, 0.29) is 0 Å². The smallest absolute Gasteiger partial charge is 0.118 e. The second-order valence-electron chi connectivity index (χ2n) is 6.36. The molecular formula is C21H24ClNO2. The van der Waals surface area contributed by atoms with Gasteiger partial charge in [0.05, 0.1) is 13.2 Å². The highest BCUT2D eigenvalue weighted by Crippen LogP contribution is 2.25. The van der Waals surface area contributed by atoms with Crippen LogP contribution in [0.15, 0.2) is 54.6 Å². The predicted octanol–water partition coefficient (Wildman–Crippen LogP) is 4.56. The number of methoxy groups -OCH3 is 1. The van der Waals surface area contributed by atoms with Crippen molar-refractivity contribution < 1.29 is 9.84 Å². The molecule has 0 amide bonds. The first-order chi connectivity index (χ1) is 12.2. The van der Waals surface area contributed by atoms with Crippen LogP contribution in [0.4, 0.5) is 0 Å². The first kappa shape index (κ1) is 18.0. The topological polar surface area (TPSA) is 32.7 Å². The number of rotatable bonds is 6. The predicted molar refractivity (Wildman–Crippen MR) is 103 cm³/mol. The molecule has 2 aromatic carbocycles. The van der Waals surface area contributed by atoms with Gasteiger partial charge in [-0.15, -0.1) is 0 Å². The Labute approximate surface area is 154 Å². The van der Waals surface area contributed by atoms with Gasteiger partial charge in [-0.2, -0.15) is 0 Å². The van der Waals surface area contributed by atoms with E-state index in [0.29, 0.717) is 0 Å². The highest BCUT2D eigenvalue weighted by molar-refractivity contribution is 6.30. The molecular weight excluding hydrogens is 334 g/mol. The molecule has 1 aliphatic heterocycles. The van der Waals surface area contributed by atoms with Gasteiger partial charge < -0.3 is 9.84 Å². The van der Waals surface area contributed by atoms with Crippen LogP contribution in [0.1, 0.15) is 30.1 Å². The molecule has 0 aliphatic carbocycles. The zero-order valence-electron chi connectivity index (χ0n) is 14.5. The molecule has 4 heteroatoms. The van der Waals surface area contributed by atoms with Crippen LogP contribution in [0.2, 0.25) is 5.02 Å². The van der Waals surface area contributed by atoms with Crippen LogP contribution in [0.3, 0.4) is 0 Å². The van der Waals surface area contributed by atoms with Gasteiger partial charge in [0.25, 0.3) is 0 Å². The first-order valence-electron chi connectivity index (χ1n) is 8.65. The summed E-state index contributed by atoms with van der Waals surface area (Å²) in [5, 5.41) is 11.1. The van der Waals surface area contributed by atoms with E-state index in [1.54, 1.807) is 7.11 Å². The summed E-state index contributed by atoms with van der Waals surface area (Å²) in [7, 11) is 1.65. The van der Waals surface area contributed by atoms with Gasteiger partial charge in [0.15, 0.2) is 0 Å². The summed E-state index contributed by atoms with van der Waals surface area (Å²) in [5.41, 5.74) is 3.57. The maximum atomic E-state index is 10.4. The molecule has 0 saturated carbocycles. The molecule has 2 aromatic rings. The summed E-state index contributed by atoms with van der Waals surface area (Å²) in [6.07, 6.45) is 3.61. The molecule has 0 aromatic heterocycles. The van der Waals surface area contributed by atoms with Crippen molar-refractivity contribution in [2.75, 3.05) is 26.7 Å². The fourth-order valence-corrected chi connectivity index (χ4v) is 3.26. The van der Waals surface area contributed by atoms with Crippen LogP contribution in [0.25, 0.3) is 5.57 Å². The van der Waals surface area contributed by atoms with E-state index in [9.17, 15) is 5.11 Å². The lowest BCUT2D eigenvalue weighted by atomic mass is 9.99. The highest BCUT2D eigenvalue weighted by atomic mass is 35.5. The molecule has 3 nitrogen and oxygen atoms in total. The third-order valence-corrected chi connectivity index (χ3v) is 4.98. The zero-order chi connectivity index (χ0) is 17.6. The monoisotopic (exact) mass is 357 g/mol. The first-order valence-corrected chi connectivity index (χ1v) is 9.03. The van der Waals surface area contributed by atoms with Gasteiger partial charge in [-0.1, -0.05) is 41.9 Å². The number of aliphatic hydroxyl groups excluding tert-OH is 1. The van der Waals surface area contributed by atoms with Gasteiger partial charge in [-0.05, 0) is 53.8 Å². The Morgan fingerprint density at radius 1 is 1.12 bits per heavy atom. The van der Waals surface area contributed by atoms with Gasteiger partial charge in [0, 0.05) is 24.7 Å². The second kappa shape index (κ2) is 8.52. The minimum absolute atomic E-state index is 0.437. The molecule has 0 radical (unpaired) electrons. The molecule has 3 rings (SSSR count). The fourth-order valence-electron chi connectivity index (χ4n) is 3.14. The second-order valence-corrected chi connectivity index (χ2v) is 6.80. The van der Waals surface area contributed by atoms with E-state index in [1.165, 1.54) is 11.1 Å². The summed E-state index contributed by atoms with van der Waals surface area (Å²) in [4.78, 5) is 2.38. The number of hydrogen-bond acceptors (Lipinski definition) is 3. The van der Waals surface area contributed by atoms with Crippen molar-refractivity contribution in [1.82, 2.24) is 4.90 Å². The van der Waals surface area contributed by atoms with Gasteiger partial charge in [-0.3, -0.25) is 4.90 Å². The van der Waals surface area contributed by atoms with E-state index in [0.717, 1.165) is 48.8 Å². The Morgan fingerprint density at radius 3 is 2.44 bits per heavy atom. The summed E-state index contributed by atoms with van der Waals surface area (Å²) in [6, 6.07) is 15.7. The van der Waals surface area contributed by atoms with Crippen molar-refractivity contribution in [3.63, 3.8) is 0 Å². The molecule has 0 fully saturated rings. The Hall–Kier alpha value is -1.81. The van der Waals surface area contributed by atoms with Crippen molar-refractivity contribution >= 4 is 17.2 Å². The Balaban J connectivity index is 1.50. The van der Waals surface area contributed by atoms with Crippen molar-refractivity contribution in [1.29, 1.82) is 0 Å². The summed E-state index contributed by atoms with van der Waals surface area (Å²) in [6.45, 7) is 2.83. The summed E-state index contributed by atoms with van der Waals surface area (Å²) in [5.74, 6) is 0.812. The van der Waals surface area contributed by atoms with Gasteiger partial charge in [-0.25, -0.2) is 0 Å². The normalized spacial score (nSPS) is 16.4. The molecule has 0 bridgehead atoms. The molecule has 1 heterocycles. The molecule has 25 heavy (non-hydrogen) atoms. The number of halogens is 1. The standard InChI is InChI=1S/C21H24ClNO2/c1-25-20-8-4-18(5-9-20)21(24)12-15-23-13-10-17(11-14-23)16-2-6-19(22)7-3-16/h2-10,21,24H,11-15H2,1H3. The number of nitrogens with zero attached hydrogens (tertiary/aromatic N) is 1. The SMILES string of the molecule is COc1ccc(C(O)CCN2CC=C(c3ccc(Cl)cc3)CC2)cc1. The average molecular weight is 358 g/mol. The number of aliphatic hydroxyl groups is 1. The lowest BCUT2D eigenvalue weighted by Gasteiger charge is -2.27. The van der Waals surface area contributed by atoms with Crippen LogP contribution in [0, 0.1) is 0 Å². The molecule has 1 atom stereocenters. The molecule has 0 saturated heterocycles. The largest absolute Gasteiger partial charge is 0.497 e. The molecule has 1 aliphatic rings. The van der Waals surface area contributed by atoms with Gasteiger partial charge in [0.2, 0.25) is 0 Å². The van der Waals surface area contributed by atoms with E-state index >= 15 is 0 Å². The average Bonchev–Trinajstić information content (AvgIpc) is 2.67. The van der Waals surface area contributed by atoms with Crippen molar-refractivity contribution in [3.05, 3.63) is 70.8 Å². The quantitative estimate of drug-likeness (QED) is 0.822. The number of hydrogen-bond donors (Lipinski definition) is 1. The van der Waals surface area contributed by atoms with Crippen molar-refractivity contribution in [3.8, 4) is 5.75 Å². The number of ether oxygens (including phenoxy) is 1. The number of benzene rings is 2. The Morgan fingerprint density at radius 2 is 1.84 bits per heavy atom. The van der Waals surface area contributed by atoms with Crippen molar-refractivity contribution in [2.24, 2.45) is 0 Å². The van der Waals surface area contributed by atoms with Crippen LogP contribution in [-0.4, -0.2) is 36.8 Å². The molecule has 0 spiro atoms. The highest BCUT2D eigenvalue weighted by Gasteiger charge is 2.15. The van der Waals surface area contributed by atoms with Crippen LogP contribution in [-0.2, 0) is 0 Å². The van der Waals surface area contributed by atoms with E-state index in [4.69, 9.17) is 16.3 Å². The van der Waals surface area contributed by atoms with Crippen molar-refractivity contribution in [2.45, 2.75) is 18.9 Å². The summed E-state index contributed by atoms with van der Waals surface area (Å²) < 4.78 is 5.15. The lowest BCUT2D eigenvalue weighted by Crippen LogP contribution is -2.30. The third kappa shape index (κ3) is 4.85. The molecule has 1 unspecified atom stereocenters. The van der Waals surface area contributed by atoms with E-state index < -0.39 is 6.10 Å². The van der Waals surface area contributed by atoms with Crippen LogP contribution in [0.5, 0.6) is 5.75 Å². The van der Waals surface area contributed by atoms with Crippen LogP contribution >= 0.6 is 11.6 Å². The Kier molecular flexibility index (Phi) is 6.14. The van der Waals surface area contributed by atoms with Gasteiger partial charge in [0.1, 0.15) is 5.75 Å². The minimum Gasteiger partial charge on any atom is -0.497 e. The van der Waals surface area contributed by atoms with E-state index in [2.05, 4.69) is 23.1 Å². The Bertz CT molecular complexity index is 710. The summed E-state index contributed by atoms with van der Waals surface area (Å²) >= 11 is 5.95. The lowest BCUT2D eigenvalue weighted by molar-refractivity contribution is 0.145. The van der Waals surface area contributed by atoms with E-state index in [1.807, 2.05) is 36.4 Å². The molecule has 132 valence electrons.